The number of esters is 1. The molecule has 0 aromatic carbocycles. The second-order valence-corrected chi connectivity index (χ2v) is 4.84. The Morgan fingerprint density at radius 3 is 2.56 bits per heavy atom. The molecule has 106 valence electrons. The van der Waals surface area contributed by atoms with Gasteiger partial charge in [0, 0.05) is 0 Å². The SMILES string of the molecule is COC(=O)[C@H]1OC(C)(C)O[C@H]1[C@H](O)[C@@H](O)COBr. The van der Waals surface area contributed by atoms with Gasteiger partial charge in [0.2, 0.25) is 0 Å². The van der Waals surface area contributed by atoms with Crippen LogP contribution >= 0.6 is 16.3 Å². The normalized spacial score (nSPS) is 29.9. The van der Waals surface area contributed by atoms with Crippen LogP contribution < -0.4 is 0 Å². The van der Waals surface area contributed by atoms with Crippen molar-refractivity contribution in [2.75, 3.05) is 13.7 Å². The van der Waals surface area contributed by atoms with E-state index in [1.165, 1.54) is 7.11 Å². The summed E-state index contributed by atoms with van der Waals surface area (Å²) in [6, 6.07) is 0. The van der Waals surface area contributed by atoms with Crippen LogP contribution in [0.5, 0.6) is 0 Å². The highest BCUT2D eigenvalue weighted by Gasteiger charge is 2.50. The van der Waals surface area contributed by atoms with Crippen LogP contribution in [0.4, 0.5) is 0 Å². The molecule has 0 aliphatic carbocycles. The summed E-state index contributed by atoms with van der Waals surface area (Å²) in [4.78, 5) is 11.5. The fourth-order valence-electron chi connectivity index (χ4n) is 1.72. The fraction of sp³-hybridized carbons (Fsp3) is 0.900. The van der Waals surface area contributed by atoms with E-state index in [4.69, 9.17) is 9.47 Å². The number of aliphatic hydroxyl groups is 2. The topological polar surface area (TPSA) is 94.5 Å². The second-order valence-electron chi connectivity index (χ2n) is 4.38. The van der Waals surface area contributed by atoms with Gasteiger partial charge in [-0.3, -0.25) is 0 Å². The summed E-state index contributed by atoms with van der Waals surface area (Å²) in [6.45, 7) is 3.04. The van der Waals surface area contributed by atoms with Crippen molar-refractivity contribution in [3.8, 4) is 0 Å². The predicted octanol–water partition coefficient (Wildman–Crippen LogP) is -0.272. The summed E-state index contributed by atoms with van der Waals surface area (Å²) in [7, 11) is 1.21. The van der Waals surface area contributed by atoms with Crippen LogP contribution in [-0.4, -0.2) is 60.1 Å². The Morgan fingerprint density at radius 2 is 2.06 bits per heavy atom. The number of rotatable bonds is 5. The number of ether oxygens (including phenoxy) is 3. The fourth-order valence-corrected chi connectivity index (χ4v) is 1.99. The lowest BCUT2D eigenvalue weighted by Crippen LogP contribution is -2.47. The van der Waals surface area contributed by atoms with Gasteiger partial charge in [-0.25, -0.2) is 4.79 Å². The summed E-state index contributed by atoms with van der Waals surface area (Å²) >= 11 is 2.67. The predicted molar refractivity (Wildman–Crippen MR) is 62.7 cm³/mol. The molecular formula is C10H17BrO7. The lowest BCUT2D eigenvalue weighted by molar-refractivity contribution is -0.171. The van der Waals surface area contributed by atoms with Crippen LogP contribution in [0.3, 0.4) is 0 Å². The Bertz CT molecular complexity index is 296. The maximum absolute atomic E-state index is 11.5. The molecule has 0 aromatic heterocycles. The number of hydrogen-bond donors (Lipinski definition) is 2. The van der Waals surface area contributed by atoms with Crippen molar-refractivity contribution in [3.63, 3.8) is 0 Å². The zero-order valence-corrected chi connectivity index (χ0v) is 11.9. The average molecular weight is 329 g/mol. The van der Waals surface area contributed by atoms with Crippen LogP contribution in [0.25, 0.3) is 0 Å². The van der Waals surface area contributed by atoms with E-state index in [-0.39, 0.29) is 6.61 Å². The van der Waals surface area contributed by atoms with Crippen molar-refractivity contribution in [2.24, 2.45) is 0 Å². The molecule has 1 heterocycles. The molecule has 0 saturated carbocycles. The quantitative estimate of drug-likeness (QED) is 0.671. The van der Waals surface area contributed by atoms with Gasteiger partial charge in [-0.15, -0.1) is 0 Å². The minimum absolute atomic E-state index is 0.157. The van der Waals surface area contributed by atoms with Gasteiger partial charge in [0.25, 0.3) is 0 Å². The van der Waals surface area contributed by atoms with E-state index < -0.39 is 36.2 Å². The Balaban J connectivity index is 2.80. The van der Waals surface area contributed by atoms with E-state index in [1.54, 1.807) is 13.8 Å². The number of hydrogen-bond acceptors (Lipinski definition) is 7. The van der Waals surface area contributed by atoms with E-state index in [0.717, 1.165) is 0 Å². The van der Waals surface area contributed by atoms with Crippen LogP contribution in [-0.2, 0) is 22.8 Å². The molecule has 1 fully saturated rings. The number of methoxy groups -OCH3 is 1. The summed E-state index contributed by atoms with van der Waals surface area (Å²) in [5, 5.41) is 19.6. The summed E-state index contributed by atoms with van der Waals surface area (Å²) in [5.74, 6) is -1.71. The Hall–Kier alpha value is -0.250. The van der Waals surface area contributed by atoms with Gasteiger partial charge in [0.1, 0.15) is 18.3 Å². The summed E-state index contributed by atoms with van der Waals surface area (Å²) in [6.07, 6.45) is -4.68. The van der Waals surface area contributed by atoms with Gasteiger partial charge in [-0.2, -0.15) is 0 Å². The van der Waals surface area contributed by atoms with Gasteiger partial charge in [-0.05, 0) is 13.8 Å². The molecule has 0 bridgehead atoms. The van der Waals surface area contributed by atoms with Crippen LogP contribution in [0, 0.1) is 0 Å². The second kappa shape index (κ2) is 6.27. The van der Waals surface area contributed by atoms with Crippen molar-refractivity contribution < 1.29 is 33.0 Å². The highest BCUT2D eigenvalue weighted by Crippen LogP contribution is 2.31. The minimum atomic E-state index is -1.34. The smallest absolute Gasteiger partial charge is 0.337 e. The Morgan fingerprint density at radius 1 is 1.44 bits per heavy atom. The van der Waals surface area contributed by atoms with Crippen molar-refractivity contribution in [1.82, 2.24) is 0 Å². The zero-order valence-electron chi connectivity index (χ0n) is 10.3. The van der Waals surface area contributed by atoms with Crippen LogP contribution in [0.1, 0.15) is 13.8 Å². The lowest BCUT2D eigenvalue weighted by atomic mass is 10.0. The molecule has 1 aliphatic heterocycles. The molecule has 1 saturated heterocycles. The highest BCUT2D eigenvalue weighted by atomic mass is 79.9. The molecule has 7 nitrogen and oxygen atoms in total. The number of carbonyl (C=O) groups excluding carboxylic acids is 1. The van der Waals surface area contributed by atoms with Crippen molar-refractivity contribution in [1.29, 1.82) is 0 Å². The third-order valence-corrected chi connectivity index (χ3v) is 2.79. The molecular weight excluding hydrogens is 312 g/mol. The molecule has 4 atom stereocenters. The molecule has 1 rings (SSSR count). The Kier molecular flexibility index (Phi) is 5.50. The third kappa shape index (κ3) is 3.62. The monoisotopic (exact) mass is 328 g/mol. The number of carbonyl (C=O) groups is 1. The van der Waals surface area contributed by atoms with E-state index in [0.29, 0.717) is 0 Å². The standard InChI is InChI=1S/C10H17BrO7/c1-10(2)17-7(6(13)5(12)4-16-11)8(18-10)9(14)15-3/h5-8,12-13H,4H2,1-3H3/t5-,6+,7-,8-/m0/s1. The van der Waals surface area contributed by atoms with E-state index >= 15 is 0 Å². The lowest BCUT2D eigenvalue weighted by Gasteiger charge is -2.24. The maximum atomic E-state index is 11.5. The number of aliphatic hydroxyl groups excluding tert-OH is 2. The largest absolute Gasteiger partial charge is 0.467 e. The summed E-state index contributed by atoms with van der Waals surface area (Å²) in [5.41, 5.74) is 0. The van der Waals surface area contributed by atoms with Crippen molar-refractivity contribution >= 4 is 22.2 Å². The maximum Gasteiger partial charge on any atom is 0.337 e. The first-order chi connectivity index (χ1) is 8.32. The molecule has 0 aromatic rings. The summed E-state index contributed by atoms with van der Waals surface area (Å²) < 4.78 is 19.9. The zero-order chi connectivity index (χ0) is 13.9. The third-order valence-electron chi connectivity index (χ3n) is 2.53. The van der Waals surface area contributed by atoms with E-state index in [1.807, 2.05) is 0 Å². The first-order valence-corrected chi connectivity index (χ1v) is 6.00. The minimum Gasteiger partial charge on any atom is -0.467 e. The van der Waals surface area contributed by atoms with Crippen LogP contribution in [0.2, 0.25) is 0 Å². The molecule has 1 aliphatic rings. The van der Waals surface area contributed by atoms with E-state index in [2.05, 4.69) is 24.8 Å². The molecule has 0 radical (unpaired) electrons. The molecule has 0 spiro atoms. The van der Waals surface area contributed by atoms with Crippen molar-refractivity contribution in [3.05, 3.63) is 0 Å². The van der Waals surface area contributed by atoms with Gasteiger partial charge in [0.15, 0.2) is 11.9 Å². The van der Waals surface area contributed by atoms with Gasteiger partial charge in [0.05, 0.1) is 30.0 Å². The molecule has 8 heteroatoms. The first kappa shape index (κ1) is 15.8. The Labute approximate surface area is 113 Å². The van der Waals surface area contributed by atoms with Gasteiger partial charge >= 0.3 is 5.97 Å². The average Bonchev–Trinajstić information content (AvgIpc) is 2.63. The van der Waals surface area contributed by atoms with Crippen LogP contribution in [0.15, 0.2) is 0 Å². The molecule has 0 unspecified atom stereocenters. The van der Waals surface area contributed by atoms with Crippen molar-refractivity contribution in [2.45, 2.75) is 44.1 Å². The van der Waals surface area contributed by atoms with Gasteiger partial charge < -0.3 is 28.3 Å². The molecule has 18 heavy (non-hydrogen) atoms. The molecule has 2 N–H and O–H groups in total. The highest BCUT2D eigenvalue weighted by molar-refractivity contribution is 9.06. The van der Waals surface area contributed by atoms with E-state index in [9.17, 15) is 15.0 Å². The van der Waals surface area contributed by atoms with Gasteiger partial charge in [-0.1, -0.05) is 0 Å². The number of halogens is 1. The molecule has 0 amide bonds. The first-order valence-electron chi connectivity index (χ1n) is 5.35.